The molecule has 3 heteroatoms. The quantitative estimate of drug-likeness (QED) is 0.497. The van der Waals surface area contributed by atoms with Crippen molar-refractivity contribution in [1.29, 1.82) is 0 Å². The Labute approximate surface area is 113 Å². The number of cyclic esters (lactones) is 2. The topological polar surface area (TPSA) is 43.4 Å². The number of hydrogen-bond acceptors (Lipinski definition) is 3. The lowest BCUT2D eigenvalue weighted by Gasteiger charge is -2.46. The van der Waals surface area contributed by atoms with Crippen LogP contribution in [-0.2, 0) is 14.3 Å². The second-order valence-corrected chi connectivity index (χ2v) is 6.59. The lowest BCUT2D eigenvalue weighted by atomic mass is 9.57. The van der Waals surface area contributed by atoms with Crippen molar-refractivity contribution in [3.8, 4) is 0 Å². The smallest absolute Gasteiger partial charge is 0.342 e. The van der Waals surface area contributed by atoms with Crippen molar-refractivity contribution < 1.29 is 14.3 Å². The fourth-order valence-electron chi connectivity index (χ4n) is 5.12. The second kappa shape index (κ2) is 4.19. The molecule has 1 aliphatic heterocycles. The van der Waals surface area contributed by atoms with Crippen LogP contribution in [0.5, 0.6) is 0 Å². The van der Waals surface area contributed by atoms with E-state index in [0.29, 0.717) is 17.8 Å². The lowest BCUT2D eigenvalue weighted by molar-refractivity contribution is -0.153. The van der Waals surface area contributed by atoms with Crippen LogP contribution in [0.4, 0.5) is 0 Å². The Morgan fingerprint density at radius 3 is 2.47 bits per heavy atom. The van der Waals surface area contributed by atoms with E-state index in [-0.39, 0.29) is 17.9 Å². The molecule has 19 heavy (non-hydrogen) atoms. The Kier molecular flexibility index (Phi) is 2.58. The Balaban J connectivity index is 1.85. The number of rotatable bonds is 0. The van der Waals surface area contributed by atoms with Gasteiger partial charge in [0.1, 0.15) is 0 Å². The van der Waals surface area contributed by atoms with Crippen molar-refractivity contribution in [2.75, 3.05) is 0 Å². The highest BCUT2D eigenvalue weighted by atomic mass is 16.6. The van der Waals surface area contributed by atoms with E-state index in [1.165, 1.54) is 44.1 Å². The van der Waals surface area contributed by atoms with Crippen LogP contribution in [-0.4, -0.2) is 11.9 Å². The van der Waals surface area contributed by atoms with Gasteiger partial charge in [0, 0.05) is 0 Å². The standard InChI is InChI=1S/C16H20O3/c17-15-13-11-7-3-1-5-9(11)10-6-2-4-8-12(10)14(13)16(18)19-15/h9-11,13H,1-8H2. The van der Waals surface area contributed by atoms with E-state index in [4.69, 9.17) is 4.74 Å². The van der Waals surface area contributed by atoms with Crippen molar-refractivity contribution in [3.63, 3.8) is 0 Å². The number of fused-ring (bicyclic) bond motifs is 5. The molecule has 0 radical (unpaired) electrons. The molecule has 4 atom stereocenters. The van der Waals surface area contributed by atoms with E-state index >= 15 is 0 Å². The lowest BCUT2D eigenvalue weighted by Crippen LogP contribution is -2.41. The van der Waals surface area contributed by atoms with Crippen LogP contribution < -0.4 is 0 Å². The van der Waals surface area contributed by atoms with Crippen LogP contribution in [0.25, 0.3) is 0 Å². The summed E-state index contributed by atoms with van der Waals surface area (Å²) in [6.07, 6.45) is 9.51. The van der Waals surface area contributed by atoms with Gasteiger partial charge in [-0.2, -0.15) is 0 Å². The number of ether oxygens (including phenoxy) is 1. The second-order valence-electron chi connectivity index (χ2n) is 6.59. The molecule has 1 heterocycles. The van der Waals surface area contributed by atoms with Gasteiger partial charge in [0.05, 0.1) is 11.5 Å². The van der Waals surface area contributed by atoms with E-state index in [2.05, 4.69) is 0 Å². The molecule has 3 nitrogen and oxygen atoms in total. The third-order valence-electron chi connectivity index (χ3n) is 5.80. The highest BCUT2D eigenvalue weighted by Gasteiger charge is 2.54. The maximum Gasteiger partial charge on any atom is 0.342 e. The minimum atomic E-state index is -0.319. The summed E-state index contributed by atoms with van der Waals surface area (Å²) in [4.78, 5) is 24.1. The zero-order chi connectivity index (χ0) is 13.0. The maximum atomic E-state index is 12.1. The van der Waals surface area contributed by atoms with Gasteiger partial charge < -0.3 is 4.74 Å². The van der Waals surface area contributed by atoms with Crippen LogP contribution in [0.1, 0.15) is 51.4 Å². The molecule has 4 aliphatic rings. The summed E-state index contributed by atoms with van der Waals surface area (Å²) < 4.78 is 4.97. The molecule has 0 N–H and O–H groups in total. The Hall–Kier alpha value is -1.12. The monoisotopic (exact) mass is 260 g/mol. The maximum absolute atomic E-state index is 12.1. The van der Waals surface area contributed by atoms with E-state index in [1.54, 1.807) is 0 Å². The molecule has 2 saturated carbocycles. The summed E-state index contributed by atoms with van der Waals surface area (Å²) in [6, 6.07) is 0. The minimum Gasteiger partial charge on any atom is -0.389 e. The molecule has 0 aromatic carbocycles. The molecule has 1 saturated heterocycles. The summed E-state index contributed by atoms with van der Waals surface area (Å²) in [5.74, 6) is 0.811. The number of esters is 2. The normalized spacial score (nSPS) is 41.5. The molecule has 0 spiro atoms. The van der Waals surface area contributed by atoms with Gasteiger partial charge in [0.2, 0.25) is 0 Å². The van der Waals surface area contributed by atoms with E-state index in [9.17, 15) is 9.59 Å². The van der Waals surface area contributed by atoms with Crippen LogP contribution in [0, 0.1) is 23.7 Å². The first-order valence-electron chi connectivity index (χ1n) is 7.76. The van der Waals surface area contributed by atoms with Gasteiger partial charge in [-0.15, -0.1) is 0 Å². The Bertz CT molecular complexity index is 476. The van der Waals surface area contributed by atoms with E-state index in [0.717, 1.165) is 18.4 Å². The van der Waals surface area contributed by atoms with Crippen molar-refractivity contribution >= 4 is 11.9 Å². The third kappa shape index (κ3) is 1.56. The minimum absolute atomic E-state index is 0.206. The average Bonchev–Trinajstić information content (AvgIpc) is 2.75. The van der Waals surface area contributed by atoms with Crippen LogP contribution in [0.2, 0.25) is 0 Å². The van der Waals surface area contributed by atoms with Crippen molar-refractivity contribution in [2.45, 2.75) is 51.4 Å². The molecule has 0 bridgehead atoms. The summed E-state index contributed by atoms with van der Waals surface area (Å²) in [7, 11) is 0. The first-order valence-corrected chi connectivity index (χ1v) is 7.76. The SMILES string of the molecule is O=C1OC(=O)C2C1=C1CCCCC1C1CCCCC21. The fraction of sp³-hybridized carbons (Fsp3) is 0.750. The first kappa shape index (κ1) is 11.7. The van der Waals surface area contributed by atoms with Crippen molar-refractivity contribution in [1.82, 2.24) is 0 Å². The van der Waals surface area contributed by atoms with E-state index in [1.807, 2.05) is 0 Å². The molecular weight excluding hydrogens is 240 g/mol. The average molecular weight is 260 g/mol. The first-order chi connectivity index (χ1) is 9.27. The van der Waals surface area contributed by atoms with Gasteiger partial charge in [-0.25, -0.2) is 4.79 Å². The van der Waals surface area contributed by atoms with Gasteiger partial charge in [-0.3, -0.25) is 4.79 Å². The molecule has 102 valence electrons. The largest absolute Gasteiger partial charge is 0.389 e. The molecule has 4 rings (SSSR count). The van der Waals surface area contributed by atoms with Gasteiger partial charge in [0.25, 0.3) is 0 Å². The third-order valence-corrected chi connectivity index (χ3v) is 5.80. The van der Waals surface area contributed by atoms with Crippen molar-refractivity contribution in [3.05, 3.63) is 11.1 Å². The summed E-state index contributed by atoms with van der Waals surface area (Å²) >= 11 is 0. The number of carbonyl (C=O) groups is 2. The van der Waals surface area contributed by atoms with Gasteiger partial charge >= 0.3 is 11.9 Å². The zero-order valence-corrected chi connectivity index (χ0v) is 11.2. The number of allylic oxidation sites excluding steroid dienone is 1. The number of hydrogen-bond donors (Lipinski definition) is 0. The highest BCUT2D eigenvalue weighted by Crippen LogP contribution is 2.55. The fourth-order valence-corrected chi connectivity index (χ4v) is 5.12. The molecule has 4 unspecified atom stereocenters. The van der Waals surface area contributed by atoms with Crippen LogP contribution in [0.3, 0.4) is 0 Å². The Morgan fingerprint density at radius 1 is 0.895 bits per heavy atom. The predicted octanol–water partition coefficient (Wildman–Crippen LogP) is 2.99. The summed E-state index contributed by atoms with van der Waals surface area (Å²) in [5, 5.41) is 0. The Morgan fingerprint density at radius 2 is 1.63 bits per heavy atom. The molecular formula is C16H20O3. The van der Waals surface area contributed by atoms with Crippen LogP contribution in [0.15, 0.2) is 11.1 Å². The van der Waals surface area contributed by atoms with Crippen LogP contribution >= 0.6 is 0 Å². The molecule has 0 amide bonds. The highest BCUT2D eigenvalue weighted by molar-refractivity contribution is 6.08. The van der Waals surface area contributed by atoms with E-state index < -0.39 is 0 Å². The van der Waals surface area contributed by atoms with Gasteiger partial charge in [0.15, 0.2) is 0 Å². The molecule has 0 aromatic heterocycles. The van der Waals surface area contributed by atoms with Gasteiger partial charge in [-0.1, -0.05) is 24.8 Å². The zero-order valence-electron chi connectivity index (χ0n) is 11.2. The number of carbonyl (C=O) groups excluding carboxylic acids is 2. The predicted molar refractivity (Wildman–Crippen MR) is 69.0 cm³/mol. The summed E-state index contributed by atoms with van der Waals surface area (Å²) in [5.41, 5.74) is 2.09. The summed E-state index contributed by atoms with van der Waals surface area (Å²) in [6.45, 7) is 0. The van der Waals surface area contributed by atoms with Gasteiger partial charge in [-0.05, 0) is 49.9 Å². The molecule has 3 aliphatic carbocycles. The molecule has 0 aromatic rings. The molecule has 3 fully saturated rings. The van der Waals surface area contributed by atoms with Crippen molar-refractivity contribution in [2.24, 2.45) is 23.7 Å².